The average molecular weight is 222 g/mol. The van der Waals surface area contributed by atoms with Crippen LogP contribution >= 0.6 is 0 Å². The van der Waals surface area contributed by atoms with E-state index in [1.165, 1.54) is 6.92 Å². The van der Waals surface area contributed by atoms with E-state index in [1.807, 2.05) is 32.0 Å². The minimum absolute atomic E-state index is 0.113. The van der Waals surface area contributed by atoms with E-state index in [4.69, 9.17) is 9.84 Å². The number of rotatable bonds is 4. The summed E-state index contributed by atoms with van der Waals surface area (Å²) in [5.41, 5.74) is 0.736. The molecule has 0 saturated heterocycles. The highest BCUT2D eigenvalue weighted by Crippen LogP contribution is 2.33. The van der Waals surface area contributed by atoms with Gasteiger partial charge in [0.15, 0.2) is 0 Å². The van der Waals surface area contributed by atoms with E-state index in [1.54, 1.807) is 6.07 Å². The summed E-state index contributed by atoms with van der Waals surface area (Å²) < 4.78 is 5.16. The zero-order valence-corrected chi connectivity index (χ0v) is 9.99. The zero-order valence-electron chi connectivity index (χ0n) is 9.99. The lowest BCUT2D eigenvalue weighted by atomic mass is 9.81. The van der Waals surface area contributed by atoms with Crippen molar-refractivity contribution in [3.63, 3.8) is 0 Å². The lowest BCUT2D eigenvalue weighted by molar-refractivity contribution is -0.131. The molecule has 1 aromatic rings. The SMILES string of the molecule is CC(=O)Oc1ccccc1C(C)(C)CCO. The fraction of sp³-hybridized carbons (Fsp3) is 0.462. The van der Waals surface area contributed by atoms with Gasteiger partial charge in [-0.25, -0.2) is 0 Å². The first kappa shape index (κ1) is 12.7. The number of para-hydroxylation sites is 1. The van der Waals surface area contributed by atoms with Crippen molar-refractivity contribution in [3.05, 3.63) is 29.8 Å². The number of aliphatic hydroxyl groups is 1. The van der Waals surface area contributed by atoms with E-state index in [0.717, 1.165) is 5.56 Å². The maximum atomic E-state index is 11.0. The Balaban J connectivity index is 3.07. The number of hydrogen-bond acceptors (Lipinski definition) is 3. The van der Waals surface area contributed by atoms with E-state index in [0.29, 0.717) is 12.2 Å². The Morgan fingerprint density at radius 1 is 1.38 bits per heavy atom. The number of ether oxygens (including phenoxy) is 1. The number of benzene rings is 1. The summed E-state index contributed by atoms with van der Waals surface area (Å²) in [4.78, 5) is 11.0. The highest BCUT2D eigenvalue weighted by Gasteiger charge is 2.24. The predicted octanol–water partition coefficient (Wildman–Crippen LogP) is 2.27. The van der Waals surface area contributed by atoms with Gasteiger partial charge in [0, 0.05) is 19.1 Å². The third-order valence-corrected chi connectivity index (χ3v) is 2.61. The van der Waals surface area contributed by atoms with Gasteiger partial charge in [-0.15, -0.1) is 0 Å². The van der Waals surface area contributed by atoms with Crippen molar-refractivity contribution in [1.82, 2.24) is 0 Å². The van der Waals surface area contributed by atoms with Crippen LogP contribution in [0.1, 0.15) is 32.8 Å². The molecular weight excluding hydrogens is 204 g/mol. The van der Waals surface area contributed by atoms with Gasteiger partial charge in [-0.3, -0.25) is 4.79 Å². The third kappa shape index (κ3) is 3.07. The molecule has 0 spiro atoms. The fourth-order valence-corrected chi connectivity index (χ4v) is 1.68. The first-order valence-electron chi connectivity index (χ1n) is 5.36. The fourth-order valence-electron chi connectivity index (χ4n) is 1.68. The third-order valence-electron chi connectivity index (χ3n) is 2.61. The second kappa shape index (κ2) is 5.12. The summed E-state index contributed by atoms with van der Waals surface area (Å²) in [6, 6.07) is 7.43. The topological polar surface area (TPSA) is 46.5 Å². The molecule has 0 saturated carbocycles. The van der Waals surface area contributed by atoms with Crippen LogP contribution in [0.5, 0.6) is 5.75 Å². The van der Waals surface area contributed by atoms with Crippen LogP contribution in [0.3, 0.4) is 0 Å². The van der Waals surface area contributed by atoms with Crippen LogP contribution in [-0.4, -0.2) is 17.7 Å². The van der Waals surface area contributed by atoms with Gasteiger partial charge < -0.3 is 9.84 Å². The van der Waals surface area contributed by atoms with Crippen LogP contribution in [0.15, 0.2) is 24.3 Å². The second-order valence-corrected chi connectivity index (χ2v) is 4.45. The molecule has 0 atom stereocenters. The van der Waals surface area contributed by atoms with E-state index < -0.39 is 0 Å². The van der Waals surface area contributed by atoms with Crippen LogP contribution < -0.4 is 4.74 Å². The Bertz CT molecular complexity index is 369. The van der Waals surface area contributed by atoms with Gasteiger partial charge in [0.2, 0.25) is 0 Å². The molecule has 0 aliphatic heterocycles. The molecule has 16 heavy (non-hydrogen) atoms. The van der Waals surface area contributed by atoms with Crippen molar-refractivity contribution in [3.8, 4) is 5.75 Å². The van der Waals surface area contributed by atoms with Gasteiger partial charge in [-0.1, -0.05) is 32.0 Å². The van der Waals surface area contributed by atoms with E-state index in [-0.39, 0.29) is 18.0 Å². The first-order valence-corrected chi connectivity index (χ1v) is 5.36. The number of hydrogen-bond donors (Lipinski definition) is 1. The van der Waals surface area contributed by atoms with Gasteiger partial charge in [0.1, 0.15) is 5.75 Å². The number of carbonyl (C=O) groups is 1. The van der Waals surface area contributed by atoms with Crippen molar-refractivity contribution < 1.29 is 14.6 Å². The normalized spacial score (nSPS) is 11.2. The highest BCUT2D eigenvalue weighted by atomic mass is 16.5. The minimum Gasteiger partial charge on any atom is -0.426 e. The Morgan fingerprint density at radius 3 is 2.56 bits per heavy atom. The van der Waals surface area contributed by atoms with Crippen LogP contribution in [0.25, 0.3) is 0 Å². The zero-order chi connectivity index (χ0) is 12.2. The van der Waals surface area contributed by atoms with Gasteiger partial charge in [0.05, 0.1) is 0 Å². The van der Waals surface area contributed by atoms with Crippen molar-refractivity contribution in [1.29, 1.82) is 0 Å². The molecule has 1 aromatic carbocycles. The average Bonchev–Trinajstić information content (AvgIpc) is 2.17. The summed E-state index contributed by atoms with van der Waals surface area (Å²) in [6.45, 7) is 5.54. The Morgan fingerprint density at radius 2 is 2.00 bits per heavy atom. The quantitative estimate of drug-likeness (QED) is 0.628. The van der Waals surface area contributed by atoms with E-state index in [9.17, 15) is 4.79 Å². The Kier molecular flexibility index (Phi) is 4.07. The predicted molar refractivity (Wildman–Crippen MR) is 62.5 cm³/mol. The van der Waals surface area contributed by atoms with Gasteiger partial charge in [-0.05, 0) is 17.9 Å². The van der Waals surface area contributed by atoms with Gasteiger partial charge >= 0.3 is 5.97 Å². The van der Waals surface area contributed by atoms with Crippen molar-refractivity contribution in [2.24, 2.45) is 0 Å². The van der Waals surface area contributed by atoms with Crippen LogP contribution in [0.4, 0.5) is 0 Å². The lowest BCUT2D eigenvalue weighted by Gasteiger charge is -2.26. The molecule has 0 amide bonds. The second-order valence-electron chi connectivity index (χ2n) is 4.45. The van der Waals surface area contributed by atoms with Crippen LogP contribution in [0, 0.1) is 0 Å². The molecule has 3 nitrogen and oxygen atoms in total. The summed E-state index contributed by atoms with van der Waals surface area (Å²) in [5, 5.41) is 9.03. The summed E-state index contributed by atoms with van der Waals surface area (Å²) in [6.07, 6.45) is 0.630. The van der Waals surface area contributed by atoms with Crippen LogP contribution in [-0.2, 0) is 10.2 Å². The minimum atomic E-state index is -0.327. The summed E-state index contributed by atoms with van der Waals surface area (Å²) in [7, 11) is 0. The number of aliphatic hydroxyl groups excluding tert-OH is 1. The molecule has 0 aliphatic carbocycles. The van der Waals surface area contributed by atoms with Crippen LogP contribution in [0.2, 0.25) is 0 Å². The molecule has 0 heterocycles. The smallest absolute Gasteiger partial charge is 0.308 e. The largest absolute Gasteiger partial charge is 0.426 e. The molecule has 0 fully saturated rings. The van der Waals surface area contributed by atoms with E-state index >= 15 is 0 Å². The standard InChI is InChI=1S/C13H18O3/c1-10(15)16-12-7-5-4-6-11(12)13(2,3)8-9-14/h4-7,14H,8-9H2,1-3H3. The Hall–Kier alpha value is -1.35. The monoisotopic (exact) mass is 222 g/mol. The molecule has 3 heteroatoms. The molecule has 1 rings (SSSR count). The number of esters is 1. The summed E-state index contributed by atoms with van der Waals surface area (Å²) >= 11 is 0. The molecule has 1 N–H and O–H groups in total. The maximum absolute atomic E-state index is 11.0. The van der Waals surface area contributed by atoms with Crippen molar-refractivity contribution in [2.75, 3.05) is 6.61 Å². The molecular formula is C13H18O3. The van der Waals surface area contributed by atoms with Crippen molar-refractivity contribution >= 4 is 5.97 Å². The molecule has 0 aromatic heterocycles. The maximum Gasteiger partial charge on any atom is 0.308 e. The molecule has 0 aliphatic rings. The number of carbonyl (C=O) groups excluding carboxylic acids is 1. The van der Waals surface area contributed by atoms with Gasteiger partial charge in [0.25, 0.3) is 0 Å². The van der Waals surface area contributed by atoms with Gasteiger partial charge in [-0.2, -0.15) is 0 Å². The van der Waals surface area contributed by atoms with Crippen molar-refractivity contribution in [2.45, 2.75) is 32.6 Å². The molecule has 88 valence electrons. The highest BCUT2D eigenvalue weighted by molar-refractivity contribution is 5.70. The van der Waals surface area contributed by atoms with E-state index in [2.05, 4.69) is 0 Å². The molecule has 0 bridgehead atoms. The lowest BCUT2D eigenvalue weighted by Crippen LogP contribution is -2.20. The molecule has 0 radical (unpaired) electrons. The first-order chi connectivity index (χ1) is 7.47. The Labute approximate surface area is 96.1 Å². The summed E-state index contributed by atoms with van der Waals surface area (Å²) in [5.74, 6) is 0.251. The molecule has 0 unspecified atom stereocenters.